The molecule has 0 aliphatic heterocycles. The molecule has 26 heavy (non-hydrogen) atoms. The molecular formula is C20H20N4O2. The van der Waals surface area contributed by atoms with Crippen LogP contribution in [0.25, 0.3) is 0 Å². The minimum atomic E-state index is -0.386. The molecule has 1 heterocycles. The predicted octanol–water partition coefficient (Wildman–Crippen LogP) is 2.62. The SMILES string of the molecule is Cc1nn(Cc2ccccc2)c(C)c1C(=O)NNC(=O)c1ccccc1. The van der Waals surface area contributed by atoms with Crippen LogP contribution in [0.4, 0.5) is 0 Å². The second-order valence-corrected chi connectivity index (χ2v) is 5.96. The van der Waals surface area contributed by atoms with E-state index in [1.54, 1.807) is 35.9 Å². The minimum absolute atomic E-state index is 0.370. The maximum atomic E-state index is 12.5. The molecule has 2 amide bonds. The van der Waals surface area contributed by atoms with Gasteiger partial charge in [-0.1, -0.05) is 48.5 Å². The van der Waals surface area contributed by atoms with Gasteiger partial charge in [0.05, 0.1) is 17.8 Å². The quantitative estimate of drug-likeness (QED) is 0.712. The van der Waals surface area contributed by atoms with Gasteiger partial charge in [-0.3, -0.25) is 25.1 Å². The number of hydrogen-bond donors (Lipinski definition) is 2. The van der Waals surface area contributed by atoms with Crippen molar-refractivity contribution in [2.24, 2.45) is 0 Å². The topological polar surface area (TPSA) is 76.0 Å². The lowest BCUT2D eigenvalue weighted by atomic mass is 10.2. The van der Waals surface area contributed by atoms with Gasteiger partial charge >= 0.3 is 0 Å². The van der Waals surface area contributed by atoms with E-state index in [-0.39, 0.29) is 11.8 Å². The van der Waals surface area contributed by atoms with E-state index >= 15 is 0 Å². The first-order valence-electron chi connectivity index (χ1n) is 8.30. The van der Waals surface area contributed by atoms with E-state index in [1.807, 2.05) is 43.3 Å². The molecule has 0 radical (unpaired) electrons. The summed E-state index contributed by atoms with van der Waals surface area (Å²) in [6.45, 7) is 4.20. The van der Waals surface area contributed by atoms with E-state index in [4.69, 9.17) is 0 Å². The van der Waals surface area contributed by atoms with Crippen LogP contribution in [0.2, 0.25) is 0 Å². The summed E-state index contributed by atoms with van der Waals surface area (Å²) < 4.78 is 1.79. The first-order valence-corrected chi connectivity index (χ1v) is 8.30. The number of hydrogen-bond acceptors (Lipinski definition) is 3. The van der Waals surface area contributed by atoms with Crippen LogP contribution in [0.15, 0.2) is 60.7 Å². The average molecular weight is 348 g/mol. The van der Waals surface area contributed by atoms with Gasteiger partial charge in [-0.15, -0.1) is 0 Å². The van der Waals surface area contributed by atoms with Crippen molar-refractivity contribution in [2.45, 2.75) is 20.4 Å². The Kier molecular flexibility index (Phi) is 5.12. The van der Waals surface area contributed by atoms with Gasteiger partial charge in [-0.25, -0.2) is 0 Å². The first-order chi connectivity index (χ1) is 12.6. The number of nitrogens with zero attached hydrogens (tertiary/aromatic N) is 2. The van der Waals surface area contributed by atoms with Gasteiger partial charge < -0.3 is 0 Å². The van der Waals surface area contributed by atoms with Gasteiger partial charge in [-0.2, -0.15) is 5.10 Å². The Bertz CT molecular complexity index is 918. The van der Waals surface area contributed by atoms with Crippen LogP contribution in [0.1, 0.15) is 37.7 Å². The van der Waals surface area contributed by atoms with Crippen molar-refractivity contribution in [3.63, 3.8) is 0 Å². The normalized spacial score (nSPS) is 10.4. The molecule has 0 saturated carbocycles. The Labute approximate surface area is 151 Å². The lowest BCUT2D eigenvalue weighted by Gasteiger charge is -2.08. The van der Waals surface area contributed by atoms with Crippen molar-refractivity contribution in [3.8, 4) is 0 Å². The zero-order valence-electron chi connectivity index (χ0n) is 14.7. The fourth-order valence-corrected chi connectivity index (χ4v) is 2.77. The van der Waals surface area contributed by atoms with Gasteiger partial charge in [0.1, 0.15) is 0 Å². The highest BCUT2D eigenvalue weighted by molar-refractivity contribution is 6.00. The number of carbonyl (C=O) groups excluding carboxylic acids is 2. The maximum Gasteiger partial charge on any atom is 0.273 e. The molecule has 0 atom stereocenters. The van der Waals surface area contributed by atoms with E-state index in [0.29, 0.717) is 23.4 Å². The number of amides is 2. The highest BCUT2D eigenvalue weighted by Gasteiger charge is 2.19. The van der Waals surface area contributed by atoms with E-state index in [9.17, 15) is 9.59 Å². The Morgan fingerprint density at radius 1 is 0.885 bits per heavy atom. The summed E-state index contributed by atoms with van der Waals surface area (Å²) in [7, 11) is 0. The third-order valence-electron chi connectivity index (χ3n) is 4.11. The van der Waals surface area contributed by atoms with Crippen LogP contribution in [0, 0.1) is 13.8 Å². The third-order valence-corrected chi connectivity index (χ3v) is 4.11. The molecule has 0 saturated heterocycles. The van der Waals surface area contributed by atoms with Gasteiger partial charge in [0.2, 0.25) is 0 Å². The second kappa shape index (κ2) is 7.65. The Morgan fingerprint density at radius 2 is 1.46 bits per heavy atom. The summed E-state index contributed by atoms with van der Waals surface area (Å²) in [6, 6.07) is 18.6. The highest BCUT2D eigenvalue weighted by atomic mass is 16.2. The van der Waals surface area contributed by atoms with Crippen molar-refractivity contribution in [1.29, 1.82) is 0 Å². The molecule has 1 aromatic heterocycles. The molecule has 0 fully saturated rings. The van der Waals surface area contributed by atoms with Crippen molar-refractivity contribution in [2.75, 3.05) is 0 Å². The smallest absolute Gasteiger partial charge is 0.267 e. The van der Waals surface area contributed by atoms with Crippen LogP contribution in [-0.4, -0.2) is 21.6 Å². The monoisotopic (exact) mass is 348 g/mol. The van der Waals surface area contributed by atoms with E-state index in [0.717, 1.165) is 11.3 Å². The van der Waals surface area contributed by atoms with Gasteiger partial charge in [0.25, 0.3) is 11.8 Å². The van der Waals surface area contributed by atoms with Crippen molar-refractivity contribution < 1.29 is 9.59 Å². The third kappa shape index (κ3) is 3.80. The van der Waals surface area contributed by atoms with Crippen LogP contribution >= 0.6 is 0 Å². The Balaban J connectivity index is 1.70. The van der Waals surface area contributed by atoms with Crippen LogP contribution in [-0.2, 0) is 6.54 Å². The van der Waals surface area contributed by atoms with Gasteiger partial charge in [0.15, 0.2) is 0 Å². The molecule has 0 bridgehead atoms. The van der Waals surface area contributed by atoms with E-state index in [1.165, 1.54) is 0 Å². The molecule has 3 rings (SSSR count). The highest BCUT2D eigenvalue weighted by Crippen LogP contribution is 2.14. The molecule has 6 heteroatoms. The number of carbonyl (C=O) groups is 2. The van der Waals surface area contributed by atoms with Crippen LogP contribution < -0.4 is 10.9 Å². The molecule has 132 valence electrons. The summed E-state index contributed by atoms with van der Waals surface area (Å²) in [6.07, 6.45) is 0. The molecule has 2 aromatic carbocycles. The number of hydrazine groups is 1. The zero-order chi connectivity index (χ0) is 18.5. The lowest BCUT2D eigenvalue weighted by molar-refractivity contribution is 0.0846. The van der Waals surface area contributed by atoms with Crippen molar-refractivity contribution >= 4 is 11.8 Å². The zero-order valence-corrected chi connectivity index (χ0v) is 14.7. The summed E-state index contributed by atoms with van der Waals surface area (Å²) in [5.74, 6) is -0.755. The van der Waals surface area contributed by atoms with Crippen molar-refractivity contribution in [3.05, 3.63) is 88.7 Å². The number of aromatic nitrogens is 2. The maximum absolute atomic E-state index is 12.5. The molecule has 0 aliphatic carbocycles. The summed E-state index contributed by atoms with van der Waals surface area (Å²) in [5, 5.41) is 4.45. The predicted molar refractivity (Wildman–Crippen MR) is 98.6 cm³/mol. The minimum Gasteiger partial charge on any atom is -0.267 e. The molecule has 0 aliphatic rings. The Morgan fingerprint density at radius 3 is 2.12 bits per heavy atom. The largest absolute Gasteiger partial charge is 0.273 e. The van der Waals surface area contributed by atoms with E-state index < -0.39 is 0 Å². The number of nitrogens with one attached hydrogen (secondary N) is 2. The average Bonchev–Trinajstić information content (AvgIpc) is 2.94. The second-order valence-electron chi connectivity index (χ2n) is 5.96. The molecule has 2 N–H and O–H groups in total. The van der Waals surface area contributed by atoms with Crippen LogP contribution in [0.5, 0.6) is 0 Å². The first kappa shape index (κ1) is 17.4. The summed E-state index contributed by atoms with van der Waals surface area (Å²) in [4.78, 5) is 24.6. The Hall–Kier alpha value is -3.41. The summed E-state index contributed by atoms with van der Waals surface area (Å²) >= 11 is 0. The lowest BCUT2D eigenvalue weighted by Crippen LogP contribution is -2.42. The fraction of sp³-hybridized carbons (Fsp3) is 0.150. The fourth-order valence-electron chi connectivity index (χ4n) is 2.77. The molecule has 0 unspecified atom stereocenters. The standard InChI is InChI=1S/C20H20N4O2/c1-14-18(15(2)24(23-14)13-16-9-5-3-6-10-16)20(26)22-21-19(25)17-11-7-4-8-12-17/h3-12H,13H2,1-2H3,(H,21,25)(H,22,26). The number of benzene rings is 2. The molecule has 0 spiro atoms. The van der Waals surface area contributed by atoms with Crippen molar-refractivity contribution in [1.82, 2.24) is 20.6 Å². The molecule has 3 aromatic rings. The van der Waals surface area contributed by atoms with Gasteiger partial charge in [-0.05, 0) is 31.5 Å². The van der Waals surface area contributed by atoms with Gasteiger partial charge in [0, 0.05) is 11.3 Å². The van der Waals surface area contributed by atoms with Crippen LogP contribution in [0.3, 0.4) is 0 Å². The van der Waals surface area contributed by atoms with E-state index in [2.05, 4.69) is 16.0 Å². The number of aryl methyl sites for hydroxylation is 1. The molecular weight excluding hydrogens is 328 g/mol. The molecule has 6 nitrogen and oxygen atoms in total. The summed E-state index contributed by atoms with van der Waals surface area (Å²) in [5.41, 5.74) is 8.30. The number of rotatable bonds is 4.